The van der Waals surface area contributed by atoms with Crippen molar-refractivity contribution in [3.05, 3.63) is 83.1 Å². The van der Waals surface area contributed by atoms with Gasteiger partial charge < -0.3 is 16.5 Å². The molecule has 0 saturated carbocycles. The third-order valence-corrected chi connectivity index (χ3v) is 5.68. The Kier molecular flexibility index (Phi) is 6.38. The fraction of sp³-hybridized carbons (Fsp3) is 0.100. The molecule has 0 unspecified atom stereocenters. The molecule has 0 aliphatic carbocycles. The van der Waals surface area contributed by atoms with E-state index in [1.54, 1.807) is 0 Å². The zero-order valence-electron chi connectivity index (χ0n) is 15.7. The van der Waals surface area contributed by atoms with Gasteiger partial charge in [0.05, 0.1) is 0 Å². The van der Waals surface area contributed by atoms with Crippen LogP contribution in [0, 0.1) is 17.2 Å². The monoisotopic (exact) mass is 431 g/mol. The number of halogens is 2. The van der Waals surface area contributed by atoms with E-state index in [0.29, 0.717) is 13.1 Å². The quantitative estimate of drug-likeness (QED) is 0.322. The van der Waals surface area contributed by atoms with Gasteiger partial charge in [0.1, 0.15) is 16.5 Å². The summed E-state index contributed by atoms with van der Waals surface area (Å²) in [7, 11) is -4.39. The molecule has 0 aliphatic heterocycles. The molecule has 0 amide bonds. The number of benzene rings is 2. The lowest BCUT2D eigenvalue weighted by atomic mass is 10.1. The molecule has 10 heteroatoms. The molecule has 1 heterocycles. The predicted molar refractivity (Wildman–Crippen MR) is 111 cm³/mol. The average molecular weight is 431 g/mol. The van der Waals surface area contributed by atoms with E-state index in [-0.39, 0.29) is 17.1 Å². The Morgan fingerprint density at radius 2 is 1.80 bits per heavy atom. The molecule has 1 aromatic heterocycles. The molecular formula is C20H19F2N5O2S. The second-order valence-corrected chi connectivity index (χ2v) is 7.94. The van der Waals surface area contributed by atoms with Gasteiger partial charge in [0, 0.05) is 30.6 Å². The van der Waals surface area contributed by atoms with Crippen LogP contribution in [0.5, 0.6) is 0 Å². The van der Waals surface area contributed by atoms with Crippen LogP contribution in [0.1, 0.15) is 16.7 Å². The summed E-state index contributed by atoms with van der Waals surface area (Å²) in [5.41, 5.74) is 7.93. The van der Waals surface area contributed by atoms with E-state index in [0.717, 1.165) is 35.5 Å². The molecule has 5 N–H and O–H groups in total. The lowest BCUT2D eigenvalue weighted by Crippen LogP contribution is -2.17. The minimum absolute atomic E-state index is 0.161. The van der Waals surface area contributed by atoms with Crippen molar-refractivity contribution in [2.45, 2.75) is 18.0 Å². The number of sulfonamides is 1. The van der Waals surface area contributed by atoms with E-state index in [9.17, 15) is 17.2 Å². The van der Waals surface area contributed by atoms with E-state index in [4.69, 9.17) is 11.1 Å². The zero-order chi connectivity index (χ0) is 21.7. The molecule has 3 aromatic rings. The molecule has 0 radical (unpaired) electrons. The van der Waals surface area contributed by atoms with Crippen LogP contribution in [0.25, 0.3) is 0 Å². The van der Waals surface area contributed by atoms with Crippen LogP contribution in [-0.4, -0.2) is 19.6 Å². The molecule has 0 atom stereocenters. The Hall–Kier alpha value is -3.37. The van der Waals surface area contributed by atoms with Gasteiger partial charge in [0.15, 0.2) is 0 Å². The van der Waals surface area contributed by atoms with Crippen molar-refractivity contribution in [3.63, 3.8) is 0 Å². The van der Waals surface area contributed by atoms with Crippen LogP contribution in [0.2, 0.25) is 0 Å². The summed E-state index contributed by atoms with van der Waals surface area (Å²) in [6, 6.07) is 13.0. The molecule has 0 fully saturated rings. The van der Waals surface area contributed by atoms with Crippen molar-refractivity contribution < 1.29 is 17.2 Å². The molecule has 30 heavy (non-hydrogen) atoms. The molecule has 3 rings (SSSR count). The maximum Gasteiger partial charge on any atom is 0.265 e. The van der Waals surface area contributed by atoms with Gasteiger partial charge in [0.2, 0.25) is 5.95 Å². The fourth-order valence-corrected chi connectivity index (χ4v) is 3.92. The van der Waals surface area contributed by atoms with Crippen molar-refractivity contribution in [2.75, 3.05) is 10.0 Å². The van der Waals surface area contributed by atoms with E-state index in [1.807, 2.05) is 29.0 Å². The second kappa shape index (κ2) is 8.97. The van der Waals surface area contributed by atoms with Crippen molar-refractivity contribution in [1.82, 2.24) is 4.98 Å². The average Bonchev–Trinajstić information content (AvgIpc) is 2.72. The summed E-state index contributed by atoms with van der Waals surface area (Å²) in [4.78, 5) is 2.73. The smallest absolute Gasteiger partial charge is 0.265 e. The van der Waals surface area contributed by atoms with Crippen LogP contribution in [-0.2, 0) is 23.1 Å². The summed E-state index contributed by atoms with van der Waals surface area (Å²) in [5, 5.41) is 10.6. The van der Waals surface area contributed by atoms with Gasteiger partial charge in [-0.05, 0) is 35.4 Å². The normalized spacial score (nSPS) is 11.2. The Morgan fingerprint density at radius 1 is 1.07 bits per heavy atom. The van der Waals surface area contributed by atoms with E-state index >= 15 is 0 Å². The highest BCUT2D eigenvalue weighted by atomic mass is 32.2. The highest BCUT2D eigenvalue weighted by molar-refractivity contribution is 7.92. The van der Waals surface area contributed by atoms with Gasteiger partial charge in [-0.25, -0.2) is 17.8 Å². The molecule has 0 spiro atoms. The first-order valence-electron chi connectivity index (χ1n) is 8.84. The molecule has 7 nitrogen and oxygen atoms in total. The minimum Gasteiger partial charge on any atom is -0.380 e. The molecule has 2 aromatic carbocycles. The molecule has 156 valence electrons. The van der Waals surface area contributed by atoms with Gasteiger partial charge >= 0.3 is 0 Å². The SMILES string of the molecule is N=Cc1cc(S(=O)(=O)Nc2cccc(F)n2)c(F)cc1NCc1ccccc1CN. The Balaban J connectivity index is 1.89. The van der Waals surface area contributed by atoms with E-state index < -0.39 is 26.7 Å². The van der Waals surface area contributed by atoms with Crippen molar-refractivity contribution in [2.24, 2.45) is 5.73 Å². The lowest BCUT2D eigenvalue weighted by molar-refractivity contribution is 0.569. The highest BCUT2D eigenvalue weighted by Gasteiger charge is 2.22. The van der Waals surface area contributed by atoms with Gasteiger partial charge in [0.25, 0.3) is 10.0 Å². The number of anilines is 2. The van der Waals surface area contributed by atoms with Crippen molar-refractivity contribution in [1.29, 1.82) is 5.41 Å². The zero-order valence-corrected chi connectivity index (χ0v) is 16.5. The summed E-state index contributed by atoms with van der Waals surface area (Å²) < 4.78 is 55.0. The number of pyridine rings is 1. The van der Waals surface area contributed by atoms with Crippen LogP contribution >= 0.6 is 0 Å². The summed E-state index contributed by atoms with van der Waals surface area (Å²) in [5.74, 6) is -2.20. The standard InChI is InChI=1S/C20H19F2N5O2S/c21-16-9-17(25-12-14-5-2-1-4-13(14)10-23)15(11-24)8-18(16)30(28,29)27-20-7-3-6-19(22)26-20/h1-9,11,24-25H,10,12,23H2,(H,26,27). The Bertz CT molecular complexity index is 1190. The molecule has 0 saturated heterocycles. The molecular weight excluding hydrogens is 412 g/mol. The number of nitrogens with one attached hydrogen (secondary N) is 3. The van der Waals surface area contributed by atoms with Gasteiger partial charge in [-0.15, -0.1) is 0 Å². The van der Waals surface area contributed by atoms with Crippen molar-refractivity contribution in [3.8, 4) is 0 Å². The summed E-state index contributed by atoms with van der Waals surface area (Å²) in [6.07, 6.45) is 0.913. The number of hydrogen-bond donors (Lipinski definition) is 4. The molecule has 0 bridgehead atoms. The maximum absolute atomic E-state index is 14.7. The first-order valence-corrected chi connectivity index (χ1v) is 10.3. The number of hydrogen-bond acceptors (Lipinski definition) is 6. The number of aromatic nitrogens is 1. The number of rotatable bonds is 8. The maximum atomic E-state index is 14.7. The third kappa shape index (κ3) is 4.78. The van der Waals surface area contributed by atoms with Crippen LogP contribution in [0.15, 0.2) is 59.5 Å². The first kappa shape index (κ1) is 21.3. The summed E-state index contributed by atoms with van der Waals surface area (Å²) >= 11 is 0. The number of nitrogens with two attached hydrogens (primary N) is 1. The van der Waals surface area contributed by atoms with Gasteiger partial charge in [-0.3, -0.25) is 4.72 Å². The van der Waals surface area contributed by atoms with Gasteiger partial charge in [-0.1, -0.05) is 30.3 Å². The van der Waals surface area contributed by atoms with Crippen LogP contribution in [0.4, 0.5) is 20.3 Å². The lowest BCUT2D eigenvalue weighted by Gasteiger charge is -2.15. The second-order valence-electron chi connectivity index (χ2n) is 6.29. The van der Waals surface area contributed by atoms with E-state index in [2.05, 4.69) is 10.3 Å². The minimum atomic E-state index is -4.39. The summed E-state index contributed by atoms with van der Waals surface area (Å²) in [6.45, 7) is 0.645. The predicted octanol–water partition coefficient (Wildman–Crippen LogP) is 3.23. The van der Waals surface area contributed by atoms with Crippen molar-refractivity contribution >= 4 is 27.7 Å². The van der Waals surface area contributed by atoms with Crippen LogP contribution < -0.4 is 15.8 Å². The molecule has 0 aliphatic rings. The Labute approximate surface area is 172 Å². The largest absolute Gasteiger partial charge is 0.380 e. The van der Waals surface area contributed by atoms with E-state index in [1.165, 1.54) is 12.1 Å². The highest BCUT2D eigenvalue weighted by Crippen LogP contribution is 2.25. The third-order valence-electron chi connectivity index (χ3n) is 4.31. The fourth-order valence-electron chi connectivity index (χ4n) is 2.82. The topological polar surface area (TPSA) is 121 Å². The van der Waals surface area contributed by atoms with Gasteiger partial charge in [-0.2, -0.15) is 4.39 Å². The Morgan fingerprint density at radius 3 is 2.47 bits per heavy atom. The van der Waals surface area contributed by atoms with Crippen LogP contribution in [0.3, 0.4) is 0 Å². The first-order chi connectivity index (χ1) is 14.3. The number of nitrogens with zero attached hydrogens (tertiary/aromatic N) is 1.